The van der Waals surface area contributed by atoms with Crippen molar-refractivity contribution in [2.75, 3.05) is 5.73 Å². The molecule has 0 saturated heterocycles. The summed E-state index contributed by atoms with van der Waals surface area (Å²) in [5.41, 5.74) is 11.2. The Hall–Kier alpha value is -4.37. The predicted molar refractivity (Wildman–Crippen MR) is 130 cm³/mol. The number of carbonyl (C=O) groups is 1. The summed E-state index contributed by atoms with van der Waals surface area (Å²) in [6.45, 7) is 0.826. The first-order valence-electron chi connectivity index (χ1n) is 10.5. The van der Waals surface area contributed by atoms with Crippen LogP contribution in [-0.4, -0.2) is 30.4 Å². The third-order valence-electron chi connectivity index (χ3n) is 5.75. The second-order valence-electron chi connectivity index (χ2n) is 7.98. The second-order valence-corrected chi connectivity index (χ2v) is 8.42. The van der Waals surface area contributed by atoms with E-state index in [1.54, 1.807) is 24.7 Å². The van der Waals surface area contributed by atoms with E-state index in [1.165, 1.54) is 6.33 Å². The molecule has 2 aromatic carbocycles. The lowest BCUT2D eigenvalue weighted by atomic mass is 10.1. The van der Waals surface area contributed by atoms with Gasteiger partial charge in [-0.05, 0) is 48.0 Å². The van der Waals surface area contributed by atoms with Crippen LogP contribution in [0.15, 0.2) is 65.8 Å². The fourth-order valence-corrected chi connectivity index (χ4v) is 4.39. The molecule has 0 unspecified atom stereocenters. The zero-order chi connectivity index (χ0) is 23.2. The average molecular weight is 472 g/mol. The van der Waals surface area contributed by atoms with Crippen molar-refractivity contribution in [3.05, 3.63) is 83.2 Å². The minimum Gasteiger partial charge on any atom is -0.464 e. The van der Waals surface area contributed by atoms with Gasteiger partial charge in [-0.15, -0.1) is 0 Å². The fourth-order valence-electron chi connectivity index (χ4n) is 4.14. The zero-order valence-corrected chi connectivity index (χ0v) is 18.5. The van der Waals surface area contributed by atoms with Gasteiger partial charge in [-0.2, -0.15) is 0 Å². The van der Waals surface area contributed by atoms with Crippen LogP contribution in [0.3, 0.4) is 0 Å². The summed E-state index contributed by atoms with van der Waals surface area (Å²) < 4.78 is 7.23. The molecule has 0 bridgehead atoms. The summed E-state index contributed by atoms with van der Waals surface area (Å²) in [6.07, 6.45) is 4.71. The maximum atomic E-state index is 12.7. The van der Waals surface area contributed by atoms with E-state index in [4.69, 9.17) is 21.8 Å². The van der Waals surface area contributed by atoms with E-state index in [1.807, 2.05) is 34.9 Å². The molecule has 0 atom stereocenters. The van der Waals surface area contributed by atoms with Gasteiger partial charge in [0.15, 0.2) is 11.5 Å². The Kier molecular flexibility index (Phi) is 4.70. The van der Waals surface area contributed by atoms with E-state index in [0.29, 0.717) is 40.7 Å². The molecule has 10 heteroatoms. The first-order chi connectivity index (χ1) is 16.5. The normalized spacial score (nSPS) is 11.6. The summed E-state index contributed by atoms with van der Waals surface area (Å²) in [5, 5.41) is 5.41. The Bertz CT molecular complexity index is 1700. The van der Waals surface area contributed by atoms with Gasteiger partial charge in [0.1, 0.15) is 17.4 Å². The van der Waals surface area contributed by atoms with Crippen LogP contribution in [0.4, 0.5) is 5.82 Å². The number of hydrogen-bond donors (Lipinski definition) is 3. The Morgan fingerprint density at radius 3 is 2.94 bits per heavy atom. The van der Waals surface area contributed by atoms with Crippen molar-refractivity contribution in [3.63, 3.8) is 0 Å². The van der Waals surface area contributed by atoms with Crippen LogP contribution in [0, 0.1) is 0 Å². The van der Waals surface area contributed by atoms with Crippen LogP contribution in [-0.2, 0) is 13.1 Å². The molecule has 1 amide bonds. The number of aromatic amines is 1. The number of anilines is 1. The van der Waals surface area contributed by atoms with Crippen molar-refractivity contribution in [3.8, 4) is 0 Å². The zero-order valence-electron chi connectivity index (χ0n) is 17.7. The van der Waals surface area contributed by atoms with Crippen molar-refractivity contribution in [1.29, 1.82) is 0 Å². The Morgan fingerprint density at radius 2 is 2.03 bits per heavy atom. The van der Waals surface area contributed by atoms with Crippen LogP contribution >= 0.6 is 11.6 Å². The summed E-state index contributed by atoms with van der Waals surface area (Å²) in [6, 6.07) is 13.0. The molecule has 6 aromatic rings. The number of nitrogen functional groups attached to an aromatic ring is 1. The molecular formula is C24H18ClN7O2. The van der Waals surface area contributed by atoms with E-state index in [0.717, 1.165) is 33.1 Å². The highest BCUT2D eigenvalue weighted by atomic mass is 35.5. The first kappa shape index (κ1) is 20.3. The van der Waals surface area contributed by atoms with Gasteiger partial charge in [-0.1, -0.05) is 11.6 Å². The van der Waals surface area contributed by atoms with Crippen molar-refractivity contribution >= 4 is 56.4 Å². The highest BCUT2D eigenvalue weighted by Crippen LogP contribution is 2.27. The molecule has 168 valence electrons. The van der Waals surface area contributed by atoms with Crippen molar-refractivity contribution in [2.24, 2.45) is 0 Å². The number of aromatic nitrogens is 5. The van der Waals surface area contributed by atoms with E-state index < -0.39 is 0 Å². The van der Waals surface area contributed by atoms with Crippen LogP contribution in [0.5, 0.6) is 0 Å². The molecule has 0 saturated carbocycles. The lowest BCUT2D eigenvalue weighted by Crippen LogP contribution is -2.22. The molecule has 0 fully saturated rings. The number of rotatable bonds is 5. The summed E-state index contributed by atoms with van der Waals surface area (Å²) in [7, 11) is 0. The maximum Gasteiger partial charge on any atom is 0.251 e. The third-order valence-corrected chi connectivity index (χ3v) is 5.97. The minimum atomic E-state index is -0.165. The number of nitrogens with zero attached hydrogens (tertiary/aromatic N) is 4. The average Bonchev–Trinajstić information content (AvgIpc) is 3.56. The smallest absolute Gasteiger partial charge is 0.251 e. The topological polar surface area (TPSA) is 128 Å². The van der Waals surface area contributed by atoms with Gasteiger partial charge in [-0.25, -0.2) is 15.0 Å². The highest BCUT2D eigenvalue weighted by Gasteiger charge is 2.13. The highest BCUT2D eigenvalue weighted by molar-refractivity contribution is 6.31. The van der Waals surface area contributed by atoms with Gasteiger partial charge >= 0.3 is 0 Å². The Labute approximate surface area is 197 Å². The van der Waals surface area contributed by atoms with E-state index in [9.17, 15) is 4.79 Å². The number of H-pyrrole nitrogens is 1. The number of furan rings is 1. The van der Waals surface area contributed by atoms with Gasteiger partial charge in [0.2, 0.25) is 0 Å². The summed E-state index contributed by atoms with van der Waals surface area (Å²) in [4.78, 5) is 28.7. The maximum absolute atomic E-state index is 12.7. The van der Waals surface area contributed by atoms with E-state index >= 15 is 0 Å². The van der Waals surface area contributed by atoms with Crippen LogP contribution < -0.4 is 11.1 Å². The fraction of sp³-hybridized carbons (Fsp3) is 0.0833. The lowest BCUT2D eigenvalue weighted by Gasteiger charge is -2.07. The van der Waals surface area contributed by atoms with E-state index in [-0.39, 0.29) is 5.91 Å². The van der Waals surface area contributed by atoms with Gasteiger partial charge in [-0.3, -0.25) is 4.79 Å². The number of nitrogens with one attached hydrogen (secondary N) is 2. The molecule has 4 heterocycles. The molecule has 0 spiro atoms. The number of carbonyl (C=O) groups excluding carboxylic acids is 1. The third kappa shape index (κ3) is 3.52. The molecule has 9 nitrogen and oxygen atoms in total. The molecule has 6 rings (SSSR count). The number of amides is 1. The lowest BCUT2D eigenvalue weighted by molar-refractivity contribution is 0.0950. The van der Waals surface area contributed by atoms with Crippen LogP contribution in [0.25, 0.3) is 33.0 Å². The van der Waals surface area contributed by atoms with E-state index in [2.05, 4.69) is 25.3 Å². The quantitative estimate of drug-likeness (QED) is 0.344. The first-order valence-corrected chi connectivity index (χ1v) is 10.9. The second kappa shape index (κ2) is 7.89. The van der Waals surface area contributed by atoms with Crippen LogP contribution in [0.1, 0.15) is 21.6 Å². The minimum absolute atomic E-state index is 0.165. The molecule has 0 aliphatic heterocycles. The van der Waals surface area contributed by atoms with Gasteiger partial charge in [0.25, 0.3) is 5.91 Å². The van der Waals surface area contributed by atoms with Crippen LogP contribution in [0.2, 0.25) is 5.02 Å². The van der Waals surface area contributed by atoms with Crippen molar-refractivity contribution < 1.29 is 9.21 Å². The molecule has 0 radical (unpaired) electrons. The van der Waals surface area contributed by atoms with Gasteiger partial charge in [0, 0.05) is 27.1 Å². The number of fused-ring (bicyclic) bond motifs is 3. The Balaban J connectivity index is 1.26. The standard InChI is InChI=1S/C24H18ClN7O2/c25-17-6-15-8-18(9-27-24(33)14-1-2-19-13(5-14)3-4-34-19)31-20(15)16(7-17)10-32-12-30-21-22(26)28-11-29-23(21)32/h1-8,11-12,31H,9-10H2,(H,27,33)(H2,26,28,29). The number of halogens is 1. The number of hydrogen-bond acceptors (Lipinski definition) is 6. The molecule has 0 aliphatic rings. The molecule has 0 aliphatic carbocycles. The van der Waals surface area contributed by atoms with Crippen molar-refractivity contribution in [2.45, 2.75) is 13.1 Å². The van der Waals surface area contributed by atoms with Gasteiger partial charge < -0.3 is 25.0 Å². The summed E-state index contributed by atoms with van der Waals surface area (Å²) in [5.74, 6) is 0.173. The van der Waals surface area contributed by atoms with Crippen molar-refractivity contribution in [1.82, 2.24) is 29.8 Å². The SMILES string of the molecule is Nc1ncnc2c1ncn2Cc1cc(Cl)cc2cc(CNC(=O)c3ccc4occc4c3)[nH]c12. The predicted octanol–water partition coefficient (Wildman–Crippen LogP) is 4.27. The Morgan fingerprint density at radius 1 is 1.12 bits per heavy atom. The number of imidazole rings is 1. The molecule has 4 aromatic heterocycles. The number of benzene rings is 2. The molecule has 34 heavy (non-hydrogen) atoms. The van der Waals surface area contributed by atoms with Gasteiger partial charge in [0.05, 0.1) is 31.2 Å². The summed E-state index contributed by atoms with van der Waals surface area (Å²) >= 11 is 6.40. The monoisotopic (exact) mass is 471 g/mol. The number of nitrogens with two attached hydrogens (primary N) is 1. The molecule has 4 N–H and O–H groups in total. The largest absolute Gasteiger partial charge is 0.464 e. The molecular weight excluding hydrogens is 454 g/mol.